The molecule has 2 aromatic rings. The molecule has 0 spiro atoms. The van der Waals surface area contributed by atoms with Gasteiger partial charge in [-0.25, -0.2) is 4.99 Å². The van der Waals surface area contributed by atoms with Gasteiger partial charge in [0.05, 0.1) is 23.7 Å². The number of aliphatic imine (C=N–C) groups is 1. The largest absolute Gasteiger partial charge is 0.351 e. The van der Waals surface area contributed by atoms with E-state index in [0.717, 1.165) is 30.2 Å². The second-order valence-electron chi connectivity index (χ2n) is 9.24. The number of hydrogen-bond acceptors (Lipinski definition) is 5. The van der Waals surface area contributed by atoms with Crippen LogP contribution in [0.15, 0.2) is 47.5 Å². The van der Waals surface area contributed by atoms with Crippen LogP contribution in [0.3, 0.4) is 0 Å². The SMILES string of the molecule is Cc1ccc(C(=O)N2CC(c3ccc(C#N)cc3)C2)cc1C1N=C(N2CCCC2)NC1C. The number of nitrogens with one attached hydrogen (secondary N) is 1. The molecule has 3 aliphatic heterocycles. The molecule has 32 heavy (non-hydrogen) atoms. The van der Waals surface area contributed by atoms with E-state index >= 15 is 0 Å². The molecule has 0 aromatic heterocycles. The highest BCUT2D eigenvalue weighted by molar-refractivity contribution is 5.95. The van der Waals surface area contributed by atoms with E-state index in [1.165, 1.54) is 24.0 Å². The maximum atomic E-state index is 13.2. The fourth-order valence-corrected chi connectivity index (χ4v) is 4.96. The first-order chi connectivity index (χ1) is 15.5. The highest BCUT2D eigenvalue weighted by Crippen LogP contribution is 2.32. The summed E-state index contributed by atoms with van der Waals surface area (Å²) in [4.78, 5) is 22.4. The lowest BCUT2D eigenvalue weighted by Gasteiger charge is -2.39. The molecule has 164 valence electrons. The Bertz CT molecular complexity index is 1090. The normalized spacial score (nSPS) is 22.8. The highest BCUT2D eigenvalue weighted by atomic mass is 16.2. The van der Waals surface area contributed by atoms with Crippen LogP contribution < -0.4 is 5.32 Å². The van der Waals surface area contributed by atoms with Gasteiger partial charge in [-0.1, -0.05) is 18.2 Å². The topological polar surface area (TPSA) is 71.7 Å². The number of nitriles is 1. The Morgan fingerprint density at radius 2 is 1.84 bits per heavy atom. The Morgan fingerprint density at radius 1 is 1.12 bits per heavy atom. The maximum Gasteiger partial charge on any atom is 0.253 e. The van der Waals surface area contributed by atoms with Gasteiger partial charge in [0.15, 0.2) is 5.96 Å². The van der Waals surface area contributed by atoms with Gasteiger partial charge in [0.2, 0.25) is 0 Å². The van der Waals surface area contributed by atoms with E-state index in [9.17, 15) is 4.79 Å². The van der Waals surface area contributed by atoms with Gasteiger partial charge in [-0.15, -0.1) is 0 Å². The number of amides is 1. The van der Waals surface area contributed by atoms with Crippen molar-refractivity contribution in [1.82, 2.24) is 15.1 Å². The van der Waals surface area contributed by atoms with Crippen molar-refractivity contribution in [3.63, 3.8) is 0 Å². The standard InChI is InChI=1S/C26H29N5O/c1-17-5-8-21(13-23(17)24-18(2)28-26(29-24)30-11-3-4-12-30)25(32)31-15-22(16-31)20-9-6-19(14-27)7-10-20/h5-10,13,18,22,24H,3-4,11-12,15-16H2,1-2H3,(H,28,29). The van der Waals surface area contributed by atoms with E-state index in [4.69, 9.17) is 10.3 Å². The van der Waals surface area contributed by atoms with E-state index in [-0.39, 0.29) is 18.0 Å². The summed E-state index contributed by atoms with van der Waals surface area (Å²) in [5.74, 6) is 1.42. The van der Waals surface area contributed by atoms with Crippen molar-refractivity contribution in [3.05, 3.63) is 70.3 Å². The monoisotopic (exact) mass is 427 g/mol. The third-order valence-corrected chi connectivity index (χ3v) is 7.02. The molecule has 2 aromatic carbocycles. The number of hydrogen-bond donors (Lipinski definition) is 1. The van der Waals surface area contributed by atoms with Crippen molar-refractivity contribution in [3.8, 4) is 6.07 Å². The fourth-order valence-electron chi connectivity index (χ4n) is 4.96. The number of carbonyl (C=O) groups is 1. The van der Waals surface area contributed by atoms with Crippen LogP contribution in [-0.2, 0) is 0 Å². The first-order valence-corrected chi connectivity index (χ1v) is 11.5. The molecule has 0 bridgehead atoms. The average molecular weight is 428 g/mol. The third-order valence-electron chi connectivity index (χ3n) is 7.02. The predicted molar refractivity (Wildman–Crippen MR) is 125 cm³/mol. The zero-order valence-electron chi connectivity index (χ0n) is 18.7. The van der Waals surface area contributed by atoms with Crippen molar-refractivity contribution < 1.29 is 4.79 Å². The minimum absolute atomic E-state index is 0.0288. The first-order valence-electron chi connectivity index (χ1n) is 11.5. The summed E-state index contributed by atoms with van der Waals surface area (Å²) in [6.45, 7) is 7.84. The molecule has 2 atom stereocenters. The summed E-state index contributed by atoms with van der Waals surface area (Å²) in [5.41, 5.74) is 4.90. The average Bonchev–Trinajstić information content (AvgIpc) is 3.43. The van der Waals surface area contributed by atoms with Gasteiger partial charge in [-0.05, 0) is 67.6 Å². The number of benzene rings is 2. The molecule has 2 fully saturated rings. The van der Waals surface area contributed by atoms with Crippen LogP contribution in [0.5, 0.6) is 0 Å². The highest BCUT2D eigenvalue weighted by Gasteiger charge is 2.34. The molecular weight excluding hydrogens is 398 g/mol. The Kier molecular flexibility index (Phi) is 5.34. The molecule has 3 heterocycles. The van der Waals surface area contributed by atoms with Crippen molar-refractivity contribution in [2.75, 3.05) is 26.2 Å². The first kappa shape index (κ1) is 20.6. The number of aryl methyl sites for hydroxylation is 1. The summed E-state index contributed by atoms with van der Waals surface area (Å²) in [6.07, 6.45) is 2.45. The Labute approximate surface area is 189 Å². The van der Waals surface area contributed by atoms with Gasteiger partial charge in [0, 0.05) is 37.7 Å². The van der Waals surface area contributed by atoms with E-state index < -0.39 is 0 Å². The number of rotatable bonds is 3. The van der Waals surface area contributed by atoms with Crippen LogP contribution in [0.2, 0.25) is 0 Å². The molecule has 6 heteroatoms. The van der Waals surface area contributed by atoms with Crippen molar-refractivity contribution >= 4 is 11.9 Å². The summed E-state index contributed by atoms with van der Waals surface area (Å²) in [6, 6.07) is 16.1. The summed E-state index contributed by atoms with van der Waals surface area (Å²) in [5, 5.41) is 12.5. The smallest absolute Gasteiger partial charge is 0.253 e. The Hall–Kier alpha value is -3.33. The second-order valence-corrected chi connectivity index (χ2v) is 9.24. The summed E-state index contributed by atoms with van der Waals surface area (Å²) >= 11 is 0. The van der Waals surface area contributed by atoms with Crippen LogP contribution in [0.4, 0.5) is 0 Å². The zero-order valence-corrected chi connectivity index (χ0v) is 18.7. The van der Waals surface area contributed by atoms with Gasteiger partial charge in [-0.3, -0.25) is 4.79 Å². The lowest BCUT2D eigenvalue weighted by molar-refractivity contribution is 0.0602. The quantitative estimate of drug-likeness (QED) is 0.813. The van der Waals surface area contributed by atoms with Gasteiger partial charge >= 0.3 is 0 Å². The third kappa shape index (κ3) is 3.73. The van der Waals surface area contributed by atoms with E-state index in [1.807, 2.05) is 41.3 Å². The molecule has 5 rings (SSSR count). The van der Waals surface area contributed by atoms with Crippen LogP contribution in [-0.4, -0.2) is 53.9 Å². The van der Waals surface area contributed by atoms with Gasteiger partial charge in [-0.2, -0.15) is 5.26 Å². The van der Waals surface area contributed by atoms with E-state index in [1.54, 1.807) is 0 Å². The lowest BCUT2D eigenvalue weighted by Crippen LogP contribution is -2.48. The second kappa shape index (κ2) is 8.31. The van der Waals surface area contributed by atoms with Crippen LogP contribution in [0.1, 0.15) is 64.3 Å². The number of carbonyl (C=O) groups excluding carboxylic acids is 1. The van der Waals surface area contributed by atoms with Gasteiger partial charge in [0.25, 0.3) is 5.91 Å². The van der Waals surface area contributed by atoms with Crippen LogP contribution in [0.25, 0.3) is 0 Å². The molecule has 1 amide bonds. The van der Waals surface area contributed by atoms with Gasteiger partial charge < -0.3 is 15.1 Å². The number of nitrogens with zero attached hydrogens (tertiary/aromatic N) is 4. The number of likely N-dealkylation sites (tertiary alicyclic amines) is 2. The molecule has 2 unspecified atom stereocenters. The van der Waals surface area contributed by atoms with E-state index in [0.29, 0.717) is 24.6 Å². The minimum atomic E-state index is 0.0288. The number of guanidine groups is 1. The fraction of sp³-hybridized carbons (Fsp3) is 0.423. The van der Waals surface area contributed by atoms with Crippen molar-refractivity contribution in [1.29, 1.82) is 5.26 Å². The molecule has 0 aliphatic carbocycles. The van der Waals surface area contributed by atoms with Crippen LogP contribution in [0, 0.1) is 18.3 Å². The molecule has 0 radical (unpaired) electrons. The molecule has 1 N–H and O–H groups in total. The Morgan fingerprint density at radius 3 is 2.53 bits per heavy atom. The summed E-state index contributed by atoms with van der Waals surface area (Å²) in [7, 11) is 0. The van der Waals surface area contributed by atoms with E-state index in [2.05, 4.69) is 36.2 Å². The minimum Gasteiger partial charge on any atom is -0.351 e. The summed E-state index contributed by atoms with van der Waals surface area (Å²) < 4.78 is 0. The lowest BCUT2D eigenvalue weighted by atomic mass is 9.89. The molecule has 0 saturated carbocycles. The molecule has 3 aliphatic rings. The zero-order chi connectivity index (χ0) is 22.2. The van der Waals surface area contributed by atoms with Crippen molar-refractivity contribution in [2.45, 2.75) is 44.7 Å². The maximum absolute atomic E-state index is 13.2. The van der Waals surface area contributed by atoms with Crippen LogP contribution >= 0.6 is 0 Å². The van der Waals surface area contributed by atoms with Crippen molar-refractivity contribution in [2.24, 2.45) is 4.99 Å². The molecule has 6 nitrogen and oxygen atoms in total. The molecule has 2 saturated heterocycles. The van der Waals surface area contributed by atoms with Gasteiger partial charge in [0.1, 0.15) is 0 Å². The Balaban J connectivity index is 1.29. The molecular formula is C26H29N5O. The predicted octanol–water partition coefficient (Wildman–Crippen LogP) is 3.59.